The fourth-order valence-electron chi connectivity index (χ4n) is 3.05. The number of likely N-dealkylation sites (tertiary alicyclic amines) is 1. The van der Waals surface area contributed by atoms with Gasteiger partial charge in [0.15, 0.2) is 0 Å². The number of aromatic nitrogens is 2. The van der Waals surface area contributed by atoms with Gasteiger partial charge in [0.05, 0.1) is 6.04 Å². The Morgan fingerprint density at radius 3 is 2.42 bits per heavy atom. The van der Waals surface area contributed by atoms with Crippen LogP contribution in [0.25, 0.3) is 0 Å². The van der Waals surface area contributed by atoms with Crippen molar-refractivity contribution >= 4 is 6.09 Å². The Hall–Kier alpha value is -1.63. The fourth-order valence-corrected chi connectivity index (χ4v) is 3.05. The number of piperidine rings is 1. The third-order valence-electron chi connectivity index (χ3n) is 4.47. The molecule has 2 atom stereocenters. The lowest BCUT2D eigenvalue weighted by atomic mass is 9.90. The molecular formula is C17H30N4O3. The number of nitrogens with one attached hydrogen (secondary N) is 1. The van der Waals surface area contributed by atoms with Crippen molar-refractivity contribution in [3.05, 3.63) is 11.8 Å². The van der Waals surface area contributed by atoms with Gasteiger partial charge >= 0.3 is 6.09 Å². The maximum absolute atomic E-state index is 11.9. The van der Waals surface area contributed by atoms with E-state index in [1.54, 1.807) is 6.92 Å². The second-order valence-electron chi connectivity index (χ2n) is 7.64. The summed E-state index contributed by atoms with van der Waals surface area (Å²) in [5, 5.41) is 11.0. The average Bonchev–Trinajstić information content (AvgIpc) is 2.91. The highest BCUT2D eigenvalue weighted by atomic mass is 16.6. The van der Waals surface area contributed by atoms with E-state index in [1.807, 2.05) is 20.8 Å². The van der Waals surface area contributed by atoms with Crippen LogP contribution in [0.15, 0.2) is 4.42 Å². The summed E-state index contributed by atoms with van der Waals surface area (Å²) in [6.45, 7) is 13.5. The van der Waals surface area contributed by atoms with Crippen molar-refractivity contribution in [3.8, 4) is 0 Å². The van der Waals surface area contributed by atoms with Gasteiger partial charge in [-0.3, -0.25) is 4.90 Å². The van der Waals surface area contributed by atoms with E-state index in [-0.39, 0.29) is 18.2 Å². The van der Waals surface area contributed by atoms with Gasteiger partial charge in [-0.15, -0.1) is 10.2 Å². The van der Waals surface area contributed by atoms with Crippen LogP contribution in [0.3, 0.4) is 0 Å². The largest absolute Gasteiger partial charge is 0.444 e. The zero-order valence-electron chi connectivity index (χ0n) is 15.6. The Balaban J connectivity index is 1.80. The Kier molecular flexibility index (Phi) is 5.85. The summed E-state index contributed by atoms with van der Waals surface area (Å²) in [4.78, 5) is 14.3. The molecule has 1 aromatic rings. The summed E-state index contributed by atoms with van der Waals surface area (Å²) in [5.41, 5.74) is -0.467. The Bertz CT molecular complexity index is 544. The molecule has 7 nitrogen and oxygen atoms in total. The first-order valence-electron chi connectivity index (χ1n) is 8.69. The number of hydrogen-bond donors (Lipinski definition) is 1. The lowest BCUT2D eigenvalue weighted by Crippen LogP contribution is -2.45. The SMILES string of the molecule is Cc1nnc([C@H](C)N2CCC([C@H](C)NC(=O)OC(C)(C)C)CC2)o1. The van der Waals surface area contributed by atoms with Crippen molar-refractivity contribution in [2.75, 3.05) is 13.1 Å². The van der Waals surface area contributed by atoms with E-state index in [9.17, 15) is 4.79 Å². The Morgan fingerprint density at radius 2 is 1.92 bits per heavy atom. The fraction of sp³-hybridized carbons (Fsp3) is 0.824. The molecule has 0 saturated carbocycles. The second-order valence-corrected chi connectivity index (χ2v) is 7.64. The van der Waals surface area contributed by atoms with Gasteiger partial charge < -0.3 is 14.5 Å². The summed E-state index contributed by atoms with van der Waals surface area (Å²) >= 11 is 0. The van der Waals surface area contributed by atoms with Crippen LogP contribution in [0.2, 0.25) is 0 Å². The quantitative estimate of drug-likeness (QED) is 0.909. The minimum Gasteiger partial charge on any atom is -0.444 e. The highest BCUT2D eigenvalue weighted by Gasteiger charge is 2.30. The third-order valence-corrected chi connectivity index (χ3v) is 4.47. The van der Waals surface area contributed by atoms with E-state index in [1.165, 1.54) is 0 Å². The van der Waals surface area contributed by atoms with E-state index in [2.05, 4.69) is 34.3 Å². The lowest BCUT2D eigenvalue weighted by Gasteiger charge is -2.37. The molecule has 1 aromatic heterocycles. The van der Waals surface area contributed by atoms with Gasteiger partial charge in [0.2, 0.25) is 11.8 Å². The molecule has 0 unspecified atom stereocenters. The normalized spacial score (nSPS) is 19.8. The molecule has 1 N–H and O–H groups in total. The Morgan fingerprint density at radius 1 is 1.29 bits per heavy atom. The van der Waals surface area contributed by atoms with Gasteiger partial charge in [-0.2, -0.15) is 0 Å². The van der Waals surface area contributed by atoms with Crippen molar-refractivity contribution in [2.24, 2.45) is 5.92 Å². The van der Waals surface area contributed by atoms with Crippen LogP contribution in [-0.4, -0.2) is 45.9 Å². The minimum absolute atomic E-state index is 0.1000. The first kappa shape index (κ1) is 18.7. The van der Waals surface area contributed by atoms with Crippen molar-refractivity contribution in [2.45, 2.75) is 72.1 Å². The van der Waals surface area contributed by atoms with Crippen LogP contribution in [0.1, 0.15) is 65.3 Å². The van der Waals surface area contributed by atoms with Crippen LogP contribution in [-0.2, 0) is 4.74 Å². The number of nitrogens with zero attached hydrogens (tertiary/aromatic N) is 3. The molecule has 0 spiro atoms. The molecule has 2 rings (SSSR count). The number of carbonyl (C=O) groups excluding carboxylic acids is 1. The summed E-state index contributed by atoms with van der Waals surface area (Å²) < 4.78 is 10.9. The highest BCUT2D eigenvalue weighted by molar-refractivity contribution is 5.68. The summed E-state index contributed by atoms with van der Waals surface area (Å²) in [6, 6.07) is 0.226. The van der Waals surface area contributed by atoms with Gasteiger partial charge in [-0.25, -0.2) is 4.79 Å². The van der Waals surface area contributed by atoms with Crippen LogP contribution in [0, 0.1) is 12.8 Å². The number of hydrogen-bond acceptors (Lipinski definition) is 6. The van der Waals surface area contributed by atoms with Gasteiger partial charge in [0.25, 0.3) is 0 Å². The molecule has 0 aromatic carbocycles. The van der Waals surface area contributed by atoms with Gasteiger partial charge in [-0.05, 0) is 66.5 Å². The molecule has 0 bridgehead atoms. The summed E-state index contributed by atoms with van der Waals surface area (Å²) in [5.74, 6) is 1.72. The van der Waals surface area contributed by atoms with Crippen molar-refractivity contribution in [1.29, 1.82) is 0 Å². The predicted molar refractivity (Wildman–Crippen MR) is 90.6 cm³/mol. The molecule has 7 heteroatoms. The standard InChI is InChI=1S/C17H30N4O3/c1-11(18-16(22)24-17(4,5)6)14-7-9-21(10-8-14)12(2)15-20-19-13(3)23-15/h11-12,14H,7-10H2,1-6H3,(H,18,22)/t11-,12-/m0/s1. The Labute approximate surface area is 144 Å². The molecular weight excluding hydrogens is 308 g/mol. The smallest absolute Gasteiger partial charge is 0.407 e. The summed E-state index contributed by atoms with van der Waals surface area (Å²) in [6.07, 6.45) is 1.70. The van der Waals surface area contributed by atoms with Crippen LogP contribution >= 0.6 is 0 Å². The number of alkyl carbamates (subject to hydrolysis) is 1. The van der Waals surface area contributed by atoms with Crippen LogP contribution in [0.5, 0.6) is 0 Å². The molecule has 1 aliphatic heterocycles. The lowest BCUT2D eigenvalue weighted by molar-refractivity contribution is 0.0462. The molecule has 0 radical (unpaired) electrons. The van der Waals surface area contributed by atoms with Crippen molar-refractivity contribution in [3.63, 3.8) is 0 Å². The van der Waals surface area contributed by atoms with E-state index < -0.39 is 5.60 Å². The molecule has 1 saturated heterocycles. The number of carbonyl (C=O) groups is 1. The first-order chi connectivity index (χ1) is 11.2. The van der Waals surface area contributed by atoms with Gasteiger partial charge in [0, 0.05) is 13.0 Å². The van der Waals surface area contributed by atoms with Crippen LogP contribution < -0.4 is 5.32 Å². The molecule has 0 aliphatic carbocycles. The minimum atomic E-state index is -0.467. The third kappa shape index (κ3) is 5.19. The number of rotatable bonds is 4. The number of aryl methyl sites for hydroxylation is 1. The van der Waals surface area contributed by atoms with E-state index >= 15 is 0 Å². The topological polar surface area (TPSA) is 80.5 Å². The summed E-state index contributed by atoms with van der Waals surface area (Å²) in [7, 11) is 0. The molecule has 24 heavy (non-hydrogen) atoms. The van der Waals surface area contributed by atoms with Crippen LogP contribution in [0.4, 0.5) is 4.79 Å². The average molecular weight is 338 g/mol. The number of ether oxygens (including phenoxy) is 1. The van der Waals surface area contributed by atoms with E-state index in [0.29, 0.717) is 17.7 Å². The monoisotopic (exact) mass is 338 g/mol. The zero-order chi connectivity index (χ0) is 17.9. The number of amides is 1. The molecule has 1 fully saturated rings. The first-order valence-corrected chi connectivity index (χ1v) is 8.69. The van der Waals surface area contributed by atoms with Gasteiger partial charge in [0.1, 0.15) is 5.60 Å². The molecule has 2 heterocycles. The zero-order valence-corrected chi connectivity index (χ0v) is 15.6. The van der Waals surface area contributed by atoms with Crippen molar-refractivity contribution in [1.82, 2.24) is 20.4 Å². The second kappa shape index (κ2) is 7.51. The molecule has 1 amide bonds. The van der Waals surface area contributed by atoms with Crippen molar-refractivity contribution < 1.29 is 13.9 Å². The predicted octanol–water partition coefficient (Wildman–Crippen LogP) is 3.06. The maximum Gasteiger partial charge on any atom is 0.407 e. The maximum atomic E-state index is 11.9. The van der Waals surface area contributed by atoms with E-state index in [4.69, 9.17) is 9.15 Å². The molecule has 1 aliphatic rings. The molecule has 136 valence electrons. The van der Waals surface area contributed by atoms with E-state index in [0.717, 1.165) is 25.9 Å². The van der Waals surface area contributed by atoms with Gasteiger partial charge in [-0.1, -0.05) is 0 Å². The highest BCUT2D eigenvalue weighted by Crippen LogP contribution is 2.27.